The molecule has 1 atom stereocenters. The van der Waals surface area contributed by atoms with E-state index in [-0.39, 0.29) is 17.4 Å². The van der Waals surface area contributed by atoms with Gasteiger partial charge in [0.1, 0.15) is 22.3 Å². The van der Waals surface area contributed by atoms with Crippen LogP contribution in [-0.4, -0.2) is 35.1 Å². The summed E-state index contributed by atoms with van der Waals surface area (Å²) in [6.45, 7) is 1.98. The van der Waals surface area contributed by atoms with Crippen LogP contribution in [0.3, 0.4) is 0 Å². The van der Waals surface area contributed by atoms with Crippen LogP contribution in [0.2, 0.25) is 0 Å². The number of hydrogen-bond donors (Lipinski definition) is 1. The van der Waals surface area contributed by atoms with Crippen molar-refractivity contribution in [2.45, 2.75) is 12.7 Å². The predicted molar refractivity (Wildman–Crippen MR) is 117 cm³/mol. The van der Waals surface area contributed by atoms with Crippen molar-refractivity contribution in [2.75, 3.05) is 25.3 Å². The zero-order valence-electron chi connectivity index (χ0n) is 16.4. The Morgan fingerprint density at radius 1 is 1.14 bits per heavy atom. The van der Waals surface area contributed by atoms with Crippen LogP contribution in [0.1, 0.15) is 11.3 Å². The fraction of sp³-hybridized carbons (Fsp3) is 0.238. The van der Waals surface area contributed by atoms with E-state index in [1.54, 1.807) is 20.3 Å². The van der Waals surface area contributed by atoms with E-state index in [0.717, 1.165) is 16.1 Å². The van der Waals surface area contributed by atoms with Crippen LogP contribution in [0.25, 0.3) is 10.6 Å². The standard InChI is InChI=1S/C21H22N2O4S2/c1-14-4-6-15(7-5-14)22-20(24)13-29(25)12-16-11-28-21(23-16)18-9-8-17(26-2)10-19(18)27-3/h4-11H,12-13H2,1-3H3,(H,22,24). The Bertz CT molecular complexity index is 1020. The van der Waals surface area contributed by atoms with Gasteiger partial charge >= 0.3 is 0 Å². The summed E-state index contributed by atoms with van der Waals surface area (Å²) in [5.74, 6) is 1.22. The first kappa shape index (κ1) is 21.0. The number of rotatable bonds is 8. The maximum Gasteiger partial charge on any atom is 0.237 e. The molecule has 1 amide bonds. The largest absolute Gasteiger partial charge is 0.497 e. The number of ether oxygens (including phenoxy) is 2. The molecule has 0 radical (unpaired) electrons. The zero-order valence-corrected chi connectivity index (χ0v) is 18.1. The summed E-state index contributed by atoms with van der Waals surface area (Å²) in [4.78, 5) is 16.7. The Hall–Kier alpha value is -2.71. The molecule has 1 aromatic heterocycles. The lowest BCUT2D eigenvalue weighted by atomic mass is 10.2. The quantitative estimate of drug-likeness (QED) is 0.584. The molecule has 0 saturated carbocycles. The van der Waals surface area contributed by atoms with Crippen molar-refractivity contribution in [3.8, 4) is 22.1 Å². The maximum atomic E-state index is 12.4. The molecular formula is C21H22N2O4S2. The third-order valence-corrected chi connectivity index (χ3v) is 6.25. The van der Waals surface area contributed by atoms with E-state index in [9.17, 15) is 9.00 Å². The highest BCUT2D eigenvalue weighted by Crippen LogP contribution is 2.35. The van der Waals surface area contributed by atoms with Gasteiger partial charge in [0.25, 0.3) is 0 Å². The number of nitrogens with zero attached hydrogens (tertiary/aromatic N) is 1. The van der Waals surface area contributed by atoms with Gasteiger partial charge in [0.05, 0.1) is 31.2 Å². The molecule has 0 spiro atoms. The lowest BCUT2D eigenvalue weighted by Crippen LogP contribution is -2.20. The fourth-order valence-corrected chi connectivity index (χ4v) is 4.57. The van der Waals surface area contributed by atoms with Crippen molar-refractivity contribution >= 4 is 33.7 Å². The number of benzene rings is 2. The number of nitrogens with one attached hydrogen (secondary N) is 1. The molecule has 2 aromatic carbocycles. The second-order valence-electron chi connectivity index (χ2n) is 6.35. The zero-order chi connectivity index (χ0) is 20.8. The van der Waals surface area contributed by atoms with Gasteiger partial charge in [-0.3, -0.25) is 9.00 Å². The van der Waals surface area contributed by atoms with Gasteiger partial charge in [-0.15, -0.1) is 11.3 Å². The number of aromatic nitrogens is 1. The van der Waals surface area contributed by atoms with Gasteiger partial charge in [0.15, 0.2) is 0 Å². The Labute approximate surface area is 176 Å². The Morgan fingerprint density at radius 2 is 1.90 bits per heavy atom. The third kappa shape index (κ3) is 5.65. The van der Waals surface area contributed by atoms with E-state index in [0.29, 0.717) is 22.9 Å². The molecule has 3 rings (SSSR count). The minimum absolute atomic E-state index is 0.0768. The first-order chi connectivity index (χ1) is 14.0. The van der Waals surface area contributed by atoms with E-state index in [2.05, 4.69) is 10.3 Å². The second kappa shape index (κ2) is 9.67. The van der Waals surface area contributed by atoms with Crippen molar-refractivity contribution in [2.24, 2.45) is 0 Å². The maximum absolute atomic E-state index is 12.4. The predicted octanol–water partition coefficient (Wildman–Crippen LogP) is 4.02. The number of amides is 1. The molecule has 29 heavy (non-hydrogen) atoms. The van der Waals surface area contributed by atoms with Gasteiger partial charge in [0.2, 0.25) is 5.91 Å². The summed E-state index contributed by atoms with van der Waals surface area (Å²) in [7, 11) is 1.84. The van der Waals surface area contributed by atoms with Gasteiger partial charge in [-0.1, -0.05) is 17.7 Å². The highest BCUT2D eigenvalue weighted by molar-refractivity contribution is 7.85. The number of carbonyl (C=O) groups is 1. The molecule has 1 heterocycles. The van der Waals surface area contributed by atoms with Crippen LogP contribution >= 0.6 is 11.3 Å². The van der Waals surface area contributed by atoms with Crippen molar-refractivity contribution in [3.05, 3.63) is 59.1 Å². The number of aryl methyl sites for hydroxylation is 1. The average molecular weight is 431 g/mol. The van der Waals surface area contributed by atoms with E-state index < -0.39 is 10.8 Å². The van der Waals surface area contributed by atoms with Gasteiger partial charge in [0, 0.05) is 27.9 Å². The topological polar surface area (TPSA) is 77.5 Å². The normalized spacial score (nSPS) is 11.7. The van der Waals surface area contributed by atoms with E-state index in [1.807, 2.05) is 48.7 Å². The molecule has 0 fully saturated rings. The number of thiazole rings is 1. The molecule has 3 aromatic rings. The van der Waals surface area contributed by atoms with Crippen LogP contribution in [0, 0.1) is 6.92 Å². The van der Waals surface area contributed by atoms with Crippen molar-refractivity contribution in [3.63, 3.8) is 0 Å². The van der Waals surface area contributed by atoms with Crippen LogP contribution in [0.15, 0.2) is 47.8 Å². The van der Waals surface area contributed by atoms with E-state index in [4.69, 9.17) is 9.47 Å². The second-order valence-corrected chi connectivity index (χ2v) is 8.67. The lowest BCUT2D eigenvalue weighted by Gasteiger charge is -2.08. The molecule has 8 heteroatoms. The minimum atomic E-state index is -1.35. The average Bonchev–Trinajstić information content (AvgIpc) is 3.17. The lowest BCUT2D eigenvalue weighted by molar-refractivity contribution is -0.113. The summed E-state index contributed by atoms with van der Waals surface area (Å²) in [6.07, 6.45) is 0. The van der Waals surface area contributed by atoms with E-state index in [1.165, 1.54) is 11.3 Å². The highest BCUT2D eigenvalue weighted by Gasteiger charge is 2.14. The van der Waals surface area contributed by atoms with Crippen LogP contribution < -0.4 is 14.8 Å². The van der Waals surface area contributed by atoms with Gasteiger partial charge in [-0.2, -0.15) is 0 Å². The first-order valence-corrected chi connectivity index (χ1v) is 11.2. The molecule has 1 N–H and O–H groups in total. The number of methoxy groups -OCH3 is 2. The smallest absolute Gasteiger partial charge is 0.237 e. The van der Waals surface area contributed by atoms with Crippen molar-refractivity contribution < 1.29 is 18.5 Å². The molecule has 0 bridgehead atoms. The molecule has 152 valence electrons. The van der Waals surface area contributed by atoms with Crippen molar-refractivity contribution in [1.82, 2.24) is 4.98 Å². The molecular weight excluding hydrogens is 408 g/mol. The summed E-state index contributed by atoms with van der Waals surface area (Å²) < 4.78 is 23.0. The SMILES string of the molecule is COc1ccc(-c2nc(CS(=O)CC(=O)Nc3ccc(C)cc3)cs2)c(OC)c1. The Morgan fingerprint density at radius 3 is 2.59 bits per heavy atom. The highest BCUT2D eigenvalue weighted by atomic mass is 32.2. The number of anilines is 1. The molecule has 0 aliphatic rings. The number of carbonyl (C=O) groups excluding carboxylic acids is 1. The van der Waals surface area contributed by atoms with Gasteiger partial charge in [-0.25, -0.2) is 4.98 Å². The molecule has 0 saturated heterocycles. The summed E-state index contributed by atoms with van der Waals surface area (Å²) >= 11 is 1.44. The summed E-state index contributed by atoms with van der Waals surface area (Å²) in [6, 6.07) is 13.0. The molecule has 0 aliphatic carbocycles. The van der Waals surface area contributed by atoms with Crippen LogP contribution in [0.4, 0.5) is 5.69 Å². The van der Waals surface area contributed by atoms with Crippen LogP contribution in [-0.2, 0) is 21.3 Å². The van der Waals surface area contributed by atoms with E-state index >= 15 is 0 Å². The fourth-order valence-electron chi connectivity index (χ4n) is 2.67. The molecule has 1 unspecified atom stereocenters. The summed E-state index contributed by atoms with van der Waals surface area (Å²) in [5, 5.41) is 5.38. The molecule has 0 aliphatic heterocycles. The minimum Gasteiger partial charge on any atom is -0.497 e. The first-order valence-electron chi connectivity index (χ1n) is 8.87. The molecule has 6 nitrogen and oxygen atoms in total. The Kier molecular flexibility index (Phi) is 7.00. The third-order valence-electron chi connectivity index (χ3n) is 4.13. The van der Waals surface area contributed by atoms with Crippen LogP contribution in [0.5, 0.6) is 11.5 Å². The summed E-state index contributed by atoms with van der Waals surface area (Å²) in [5.41, 5.74) is 3.33. The number of hydrogen-bond acceptors (Lipinski definition) is 6. The Balaban J connectivity index is 1.61. The monoisotopic (exact) mass is 430 g/mol. The van der Waals surface area contributed by atoms with Gasteiger partial charge in [-0.05, 0) is 31.2 Å². The van der Waals surface area contributed by atoms with Crippen molar-refractivity contribution in [1.29, 1.82) is 0 Å². The van der Waals surface area contributed by atoms with Gasteiger partial charge < -0.3 is 14.8 Å².